The molecule has 1 heterocycles. The van der Waals surface area contributed by atoms with Crippen molar-refractivity contribution in [2.24, 2.45) is 0 Å². The van der Waals surface area contributed by atoms with Gasteiger partial charge in [0.1, 0.15) is 0 Å². The summed E-state index contributed by atoms with van der Waals surface area (Å²) in [5, 5.41) is 4.73. The van der Waals surface area contributed by atoms with E-state index in [2.05, 4.69) is 5.10 Å². The largest absolute Gasteiger partial charge is 0.461 e. The Bertz CT molecular complexity index is 563. The van der Waals surface area contributed by atoms with E-state index in [0.717, 1.165) is 5.69 Å². The molecule has 2 aromatic rings. The van der Waals surface area contributed by atoms with Gasteiger partial charge in [0.25, 0.3) is 0 Å². The highest BCUT2D eigenvalue weighted by Crippen LogP contribution is 2.17. The first-order valence-corrected chi connectivity index (χ1v) is 5.78. The van der Waals surface area contributed by atoms with Crippen molar-refractivity contribution in [3.05, 3.63) is 41.2 Å². The number of nitrogens with two attached hydrogens (primary N) is 1. The monoisotopic (exact) mass is 265 g/mol. The lowest BCUT2D eigenvalue weighted by atomic mass is 10.3. The minimum absolute atomic E-state index is 0.117. The maximum atomic E-state index is 11.6. The van der Waals surface area contributed by atoms with Crippen molar-refractivity contribution in [1.29, 1.82) is 0 Å². The number of esters is 1. The van der Waals surface area contributed by atoms with E-state index in [-0.39, 0.29) is 18.0 Å². The SMILES string of the molecule is CCOC(=O)c1nn(-c2ccc(Cl)cc2)cc1N. The first-order chi connectivity index (χ1) is 8.61. The van der Waals surface area contributed by atoms with Crippen LogP contribution < -0.4 is 5.73 Å². The second-order valence-electron chi connectivity index (χ2n) is 3.57. The molecule has 94 valence electrons. The lowest BCUT2D eigenvalue weighted by molar-refractivity contribution is 0.0520. The molecule has 0 atom stereocenters. The van der Waals surface area contributed by atoms with Gasteiger partial charge in [-0.1, -0.05) is 11.6 Å². The zero-order valence-corrected chi connectivity index (χ0v) is 10.5. The average molecular weight is 266 g/mol. The number of aromatic nitrogens is 2. The molecule has 2 rings (SSSR count). The lowest BCUT2D eigenvalue weighted by Gasteiger charge is -2.00. The molecular formula is C12H12ClN3O2. The minimum atomic E-state index is -0.525. The number of carbonyl (C=O) groups excluding carboxylic acids is 1. The van der Waals surface area contributed by atoms with E-state index in [4.69, 9.17) is 22.1 Å². The fourth-order valence-corrected chi connectivity index (χ4v) is 1.60. The molecule has 6 heteroatoms. The first kappa shape index (κ1) is 12.4. The quantitative estimate of drug-likeness (QED) is 0.865. The molecule has 0 fully saturated rings. The van der Waals surface area contributed by atoms with Gasteiger partial charge in [-0.2, -0.15) is 5.10 Å². The number of hydrogen-bond acceptors (Lipinski definition) is 4. The maximum absolute atomic E-state index is 11.6. The van der Waals surface area contributed by atoms with Crippen LogP contribution in [0.3, 0.4) is 0 Å². The Hall–Kier alpha value is -2.01. The van der Waals surface area contributed by atoms with Crippen LogP contribution in [0.25, 0.3) is 5.69 Å². The second-order valence-corrected chi connectivity index (χ2v) is 4.01. The lowest BCUT2D eigenvalue weighted by Crippen LogP contribution is -2.08. The standard InChI is InChI=1S/C12H12ClN3O2/c1-2-18-12(17)11-10(14)7-16(15-11)9-5-3-8(13)4-6-9/h3-7H,2,14H2,1H3. The smallest absolute Gasteiger partial charge is 0.361 e. The van der Waals surface area contributed by atoms with E-state index >= 15 is 0 Å². The van der Waals surface area contributed by atoms with Crippen molar-refractivity contribution >= 4 is 23.3 Å². The number of rotatable bonds is 3. The number of benzene rings is 1. The van der Waals surface area contributed by atoms with Gasteiger partial charge in [-0.15, -0.1) is 0 Å². The number of ether oxygens (including phenoxy) is 1. The highest BCUT2D eigenvalue weighted by atomic mass is 35.5. The summed E-state index contributed by atoms with van der Waals surface area (Å²) in [6.07, 6.45) is 1.56. The van der Waals surface area contributed by atoms with Gasteiger partial charge in [0.15, 0.2) is 5.69 Å². The van der Waals surface area contributed by atoms with Gasteiger partial charge in [0.05, 0.1) is 24.2 Å². The summed E-state index contributed by atoms with van der Waals surface area (Å²) >= 11 is 5.80. The highest BCUT2D eigenvalue weighted by molar-refractivity contribution is 6.30. The van der Waals surface area contributed by atoms with Crippen molar-refractivity contribution in [1.82, 2.24) is 9.78 Å². The fourth-order valence-electron chi connectivity index (χ4n) is 1.47. The van der Waals surface area contributed by atoms with E-state index in [9.17, 15) is 4.79 Å². The number of nitrogens with zero attached hydrogens (tertiary/aromatic N) is 2. The third-order valence-corrected chi connectivity index (χ3v) is 2.55. The summed E-state index contributed by atoms with van der Waals surface area (Å²) in [5.74, 6) is -0.525. The molecular weight excluding hydrogens is 254 g/mol. The topological polar surface area (TPSA) is 70.1 Å². The predicted molar refractivity (Wildman–Crippen MR) is 68.9 cm³/mol. The fraction of sp³-hybridized carbons (Fsp3) is 0.167. The number of nitrogen functional groups attached to an aromatic ring is 1. The number of anilines is 1. The van der Waals surface area contributed by atoms with Crippen LogP contribution in [0.4, 0.5) is 5.69 Å². The molecule has 0 aliphatic carbocycles. The predicted octanol–water partition coefficient (Wildman–Crippen LogP) is 2.28. The molecule has 0 saturated heterocycles. The molecule has 0 radical (unpaired) electrons. The second kappa shape index (κ2) is 5.10. The Labute approximate surface area is 109 Å². The summed E-state index contributed by atoms with van der Waals surface area (Å²) in [4.78, 5) is 11.6. The zero-order valence-electron chi connectivity index (χ0n) is 9.76. The van der Waals surface area contributed by atoms with Crippen molar-refractivity contribution in [3.8, 4) is 5.69 Å². The summed E-state index contributed by atoms with van der Waals surface area (Å²) in [6.45, 7) is 2.01. The number of hydrogen-bond donors (Lipinski definition) is 1. The molecule has 1 aromatic heterocycles. The molecule has 18 heavy (non-hydrogen) atoms. The minimum Gasteiger partial charge on any atom is -0.461 e. The van der Waals surface area contributed by atoms with Gasteiger partial charge in [-0.25, -0.2) is 9.48 Å². The molecule has 1 aromatic carbocycles. The third kappa shape index (κ3) is 2.46. The molecule has 0 aliphatic rings. The number of halogens is 1. The molecule has 0 unspecified atom stereocenters. The molecule has 0 amide bonds. The van der Waals surface area contributed by atoms with E-state index in [1.165, 1.54) is 4.68 Å². The van der Waals surface area contributed by atoms with E-state index < -0.39 is 5.97 Å². The molecule has 0 aliphatic heterocycles. The van der Waals surface area contributed by atoms with Gasteiger partial charge in [0, 0.05) is 5.02 Å². The third-order valence-electron chi connectivity index (χ3n) is 2.30. The number of carbonyl (C=O) groups is 1. The van der Waals surface area contributed by atoms with Crippen LogP contribution in [0, 0.1) is 0 Å². The Kier molecular flexibility index (Phi) is 3.53. The van der Waals surface area contributed by atoms with Crippen molar-refractivity contribution in [3.63, 3.8) is 0 Å². The Morgan fingerprint density at radius 3 is 2.72 bits per heavy atom. The van der Waals surface area contributed by atoms with Gasteiger partial charge >= 0.3 is 5.97 Å². The van der Waals surface area contributed by atoms with Crippen LogP contribution in [-0.4, -0.2) is 22.4 Å². The summed E-state index contributed by atoms with van der Waals surface area (Å²) in [7, 11) is 0. The van der Waals surface area contributed by atoms with Crippen LogP contribution >= 0.6 is 11.6 Å². The first-order valence-electron chi connectivity index (χ1n) is 5.40. The van der Waals surface area contributed by atoms with Gasteiger partial charge in [-0.3, -0.25) is 0 Å². The van der Waals surface area contributed by atoms with Crippen LogP contribution in [0.15, 0.2) is 30.5 Å². The zero-order chi connectivity index (χ0) is 13.1. The summed E-state index contributed by atoms with van der Waals surface area (Å²) in [5.41, 5.74) is 6.89. The molecule has 0 bridgehead atoms. The van der Waals surface area contributed by atoms with Crippen LogP contribution in [0.2, 0.25) is 5.02 Å². The molecule has 2 N–H and O–H groups in total. The van der Waals surface area contributed by atoms with Gasteiger partial charge in [-0.05, 0) is 31.2 Å². The normalized spacial score (nSPS) is 10.3. The average Bonchev–Trinajstić information content (AvgIpc) is 2.72. The Morgan fingerprint density at radius 1 is 1.44 bits per heavy atom. The molecule has 0 saturated carbocycles. The Balaban J connectivity index is 2.34. The highest BCUT2D eigenvalue weighted by Gasteiger charge is 2.16. The maximum Gasteiger partial charge on any atom is 0.361 e. The van der Waals surface area contributed by atoms with Crippen LogP contribution in [0.1, 0.15) is 17.4 Å². The van der Waals surface area contributed by atoms with E-state index in [1.807, 2.05) is 0 Å². The summed E-state index contributed by atoms with van der Waals surface area (Å²) < 4.78 is 6.37. The van der Waals surface area contributed by atoms with Crippen molar-refractivity contribution in [2.45, 2.75) is 6.92 Å². The Morgan fingerprint density at radius 2 is 2.11 bits per heavy atom. The summed E-state index contributed by atoms with van der Waals surface area (Å²) in [6, 6.07) is 7.03. The van der Waals surface area contributed by atoms with E-state index in [1.54, 1.807) is 37.4 Å². The van der Waals surface area contributed by atoms with Gasteiger partial charge < -0.3 is 10.5 Å². The molecule has 5 nitrogen and oxygen atoms in total. The molecule has 0 spiro atoms. The van der Waals surface area contributed by atoms with Gasteiger partial charge in [0.2, 0.25) is 0 Å². The van der Waals surface area contributed by atoms with Crippen molar-refractivity contribution in [2.75, 3.05) is 12.3 Å². The van der Waals surface area contributed by atoms with Crippen molar-refractivity contribution < 1.29 is 9.53 Å². The van der Waals surface area contributed by atoms with Crippen LogP contribution in [-0.2, 0) is 4.74 Å². The van der Waals surface area contributed by atoms with Crippen LogP contribution in [0.5, 0.6) is 0 Å². The van der Waals surface area contributed by atoms with E-state index in [0.29, 0.717) is 5.02 Å².